The molecule has 0 atom stereocenters. The number of halogens is 2. The Labute approximate surface area is 279 Å². The number of hydrogen-bond donors (Lipinski definition) is 1. The Hall–Kier alpha value is -4.62. The molecule has 9 nitrogen and oxygen atoms in total. The van der Waals surface area contributed by atoms with Gasteiger partial charge >= 0.3 is 0 Å². The molecule has 0 aliphatic carbocycles. The average Bonchev–Trinajstić information content (AvgIpc) is 3.55. The van der Waals surface area contributed by atoms with Crippen LogP contribution in [-0.2, 0) is 27.8 Å². The van der Waals surface area contributed by atoms with Gasteiger partial charge in [0.25, 0.3) is 0 Å². The summed E-state index contributed by atoms with van der Waals surface area (Å²) < 4.78 is 55.7. The number of anilines is 2. The predicted molar refractivity (Wildman–Crippen MR) is 181 cm³/mol. The van der Waals surface area contributed by atoms with E-state index in [9.17, 15) is 12.8 Å². The summed E-state index contributed by atoms with van der Waals surface area (Å²) in [4.78, 5) is 13.9. The van der Waals surface area contributed by atoms with Crippen molar-refractivity contribution in [2.45, 2.75) is 18.1 Å². The van der Waals surface area contributed by atoms with Gasteiger partial charge in [-0.1, -0.05) is 41.9 Å². The van der Waals surface area contributed by atoms with Gasteiger partial charge in [0.2, 0.25) is 0 Å². The number of benzene rings is 4. The third-order valence-corrected chi connectivity index (χ3v) is 9.90. The number of nitrogens with one attached hydrogen (secondary N) is 1. The summed E-state index contributed by atoms with van der Waals surface area (Å²) in [6.07, 6.45) is 1.46. The minimum atomic E-state index is -3.43. The fourth-order valence-corrected chi connectivity index (χ4v) is 6.86. The van der Waals surface area contributed by atoms with Crippen LogP contribution >= 0.6 is 22.9 Å². The van der Waals surface area contributed by atoms with Crippen LogP contribution in [0.2, 0.25) is 5.02 Å². The third-order valence-electron chi connectivity index (χ3n) is 7.09. The minimum Gasteiger partial charge on any atom is -0.496 e. The summed E-state index contributed by atoms with van der Waals surface area (Å²) in [5.74, 6) is 1.13. The zero-order valence-electron chi connectivity index (χ0n) is 25.0. The number of aromatic nitrogens is 3. The molecule has 6 rings (SSSR count). The largest absolute Gasteiger partial charge is 0.496 e. The van der Waals surface area contributed by atoms with E-state index in [0.29, 0.717) is 49.8 Å². The molecule has 0 aliphatic rings. The van der Waals surface area contributed by atoms with Gasteiger partial charge in [0, 0.05) is 28.1 Å². The molecule has 6 aromatic rings. The van der Waals surface area contributed by atoms with Gasteiger partial charge in [0.05, 0.1) is 47.2 Å². The number of rotatable bonds is 13. The van der Waals surface area contributed by atoms with Gasteiger partial charge in [-0.2, -0.15) is 0 Å². The predicted octanol–water partition coefficient (Wildman–Crippen LogP) is 7.87. The van der Waals surface area contributed by atoms with E-state index in [4.69, 9.17) is 30.8 Å². The second kappa shape index (κ2) is 14.4. The topological polar surface area (TPSA) is 113 Å². The van der Waals surface area contributed by atoms with E-state index in [1.54, 1.807) is 61.7 Å². The van der Waals surface area contributed by atoms with Crippen LogP contribution in [0.5, 0.6) is 11.5 Å². The van der Waals surface area contributed by atoms with Crippen LogP contribution in [0.1, 0.15) is 10.6 Å². The molecule has 2 heterocycles. The van der Waals surface area contributed by atoms with Crippen molar-refractivity contribution in [2.75, 3.05) is 24.8 Å². The maximum absolute atomic E-state index is 13.5. The van der Waals surface area contributed by atoms with E-state index in [2.05, 4.69) is 15.3 Å². The molecule has 0 bridgehead atoms. The standard InChI is InChI=1S/C34H28ClFN4O5S2/c1-43-32-17-29-27(16-26(32)30-20-46-33(40-30)19-44-12-13-47(41,42)25-8-3-2-4-9-25)34(38-21-37-29)39-24-10-11-31(28(35)15-24)45-18-22-6-5-7-23(36)14-22/h2-11,14-17,20-21H,12-13,18-19H2,1H3,(H,37,38,39). The van der Waals surface area contributed by atoms with Gasteiger partial charge in [0.1, 0.15) is 41.1 Å². The highest BCUT2D eigenvalue weighted by Crippen LogP contribution is 2.37. The highest BCUT2D eigenvalue weighted by atomic mass is 35.5. The van der Waals surface area contributed by atoms with Gasteiger partial charge < -0.3 is 19.5 Å². The maximum atomic E-state index is 13.5. The van der Waals surface area contributed by atoms with Crippen LogP contribution in [0.15, 0.2) is 102 Å². The van der Waals surface area contributed by atoms with Crippen molar-refractivity contribution in [1.29, 1.82) is 0 Å². The highest BCUT2D eigenvalue weighted by molar-refractivity contribution is 7.91. The molecule has 240 valence electrons. The molecule has 0 unspecified atom stereocenters. The number of fused-ring (bicyclic) bond motifs is 1. The van der Waals surface area contributed by atoms with Gasteiger partial charge in [-0.25, -0.2) is 27.8 Å². The van der Waals surface area contributed by atoms with Crippen molar-refractivity contribution < 1.29 is 27.0 Å². The highest BCUT2D eigenvalue weighted by Gasteiger charge is 2.17. The lowest BCUT2D eigenvalue weighted by molar-refractivity contribution is 0.135. The van der Waals surface area contributed by atoms with E-state index < -0.39 is 9.84 Å². The Morgan fingerprint density at radius 3 is 2.57 bits per heavy atom. The number of hydrogen-bond acceptors (Lipinski definition) is 10. The second-order valence-electron chi connectivity index (χ2n) is 10.3. The molecule has 0 spiro atoms. The first-order valence-electron chi connectivity index (χ1n) is 14.4. The molecule has 0 radical (unpaired) electrons. The first-order valence-corrected chi connectivity index (χ1v) is 17.3. The summed E-state index contributed by atoms with van der Waals surface area (Å²) in [6.45, 7) is 0.386. The van der Waals surface area contributed by atoms with Gasteiger partial charge in [-0.05, 0) is 54.1 Å². The van der Waals surface area contributed by atoms with Crippen LogP contribution in [0.3, 0.4) is 0 Å². The zero-order valence-corrected chi connectivity index (χ0v) is 27.4. The Balaban J connectivity index is 1.16. The van der Waals surface area contributed by atoms with Crippen LogP contribution < -0.4 is 14.8 Å². The monoisotopic (exact) mass is 690 g/mol. The van der Waals surface area contributed by atoms with Crippen molar-refractivity contribution in [1.82, 2.24) is 15.0 Å². The Bertz CT molecular complexity index is 2130. The summed E-state index contributed by atoms with van der Waals surface area (Å²) in [6, 6.07) is 23.5. The van der Waals surface area contributed by atoms with Crippen molar-refractivity contribution in [3.8, 4) is 22.8 Å². The van der Waals surface area contributed by atoms with E-state index >= 15 is 0 Å². The minimum absolute atomic E-state index is 0.0436. The Morgan fingerprint density at radius 1 is 0.936 bits per heavy atom. The molecule has 2 aromatic heterocycles. The summed E-state index contributed by atoms with van der Waals surface area (Å²) in [5.41, 5.74) is 3.42. The lowest BCUT2D eigenvalue weighted by Gasteiger charge is -2.13. The molecular formula is C34H28ClFN4O5S2. The van der Waals surface area contributed by atoms with Crippen LogP contribution in [0, 0.1) is 5.82 Å². The fraction of sp³-hybridized carbons (Fsp3) is 0.147. The molecule has 0 aliphatic heterocycles. The smallest absolute Gasteiger partial charge is 0.180 e. The molecule has 4 aromatic carbocycles. The van der Waals surface area contributed by atoms with Crippen molar-refractivity contribution in [3.63, 3.8) is 0 Å². The van der Waals surface area contributed by atoms with E-state index in [-0.39, 0.29) is 36.3 Å². The summed E-state index contributed by atoms with van der Waals surface area (Å²) in [7, 11) is -1.85. The molecule has 13 heteroatoms. The number of nitrogens with zero attached hydrogens (tertiary/aromatic N) is 3. The lowest BCUT2D eigenvalue weighted by Crippen LogP contribution is -2.12. The summed E-state index contributed by atoms with van der Waals surface area (Å²) in [5, 5.41) is 6.99. The number of thiazole rings is 1. The first-order chi connectivity index (χ1) is 22.8. The van der Waals surface area contributed by atoms with Gasteiger partial charge in [-0.3, -0.25) is 0 Å². The quantitative estimate of drug-likeness (QED) is 0.121. The molecule has 0 fully saturated rings. The fourth-order valence-electron chi connectivity index (χ4n) is 4.75. The van der Waals surface area contributed by atoms with Gasteiger partial charge in [0.15, 0.2) is 9.84 Å². The van der Waals surface area contributed by atoms with Crippen molar-refractivity contribution in [3.05, 3.63) is 118 Å². The van der Waals surface area contributed by atoms with Crippen molar-refractivity contribution >= 4 is 55.2 Å². The zero-order chi connectivity index (χ0) is 32.8. The van der Waals surface area contributed by atoms with Crippen LogP contribution in [0.25, 0.3) is 22.2 Å². The Morgan fingerprint density at radius 2 is 1.79 bits per heavy atom. The SMILES string of the molecule is COc1cc2ncnc(Nc3ccc(OCc4cccc(F)c4)c(Cl)c3)c2cc1-c1csc(COCCS(=O)(=O)c2ccccc2)n1. The molecule has 0 amide bonds. The second-order valence-corrected chi connectivity index (χ2v) is 13.8. The molecule has 0 saturated carbocycles. The normalized spacial score (nSPS) is 11.5. The summed E-state index contributed by atoms with van der Waals surface area (Å²) >= 11 is 7.92. The van der Waals surface area contributed by atoms with Crippen molar-refractivity contribution in [2.24, 2.45) is 0 Å². The molecular weight excluding hydrogens is 663 g/mol. The van der Waals surface area contributed by atoms with E-state index in [0.717, 1.165) is 10.9 Å². The molecule has 47 heavy (non-hydrogen) atoms. The van der Waals surface area contributed by atoms with Crippen LogP contribution in [-0.4, -0.2) is 42.8 Å². The van der Waals surface area contributed by atoms with Gasteiger partial charge in [-0.15, -0.1) is 11.3 Å². The number of methoxy groups -OCH3 is 1. The Kier molecular flexibility index (Phi) is 9.92. The van der Waals surface area contributed by atoms with E-state index in [1.165, 1.54) is 29.8 Å². The average molecular weight is 691 g/mol. The number of sulfone groups is 1. The first kappa shape index (κ1) is 32.3. The molecule has 1 N–H and O–H groups in total. The number of ether oxygens (including phenoxy) is 3. The lowest BCUT2D eigenvalue weighted by atomic mass is 10.1. The van der Waals surface area contributed by atoms with E-state index in [1.807, 2.05) is 23.6 Å². The maximum Gasteiger partial charge on any atom is 0.180 e. The van der Waals surface area contributed by atoms with Crippen LogP contribution in [0.4, 0.5) is 15.9 Å². The molecule has 0 saturated heterocycles. The third kappa shape index (κ3) is 7.86.